The van der Waals surface area contributed by atoms with Gasteiger partial charge in [-0.25, -0.2) is 9.59 Å². The zero-order chi connectivity index (χ0) is 15.5. The predicted octanol–water partition coefficient (Wildman–Crippen LogP) is 3.75. The highest BCUT2D eigenvalue weighted by atomic mass is 35.5. The maximum absolute atomic E-state index is 11.7. The van der Waals surface area contributed by atoms with E-state index in [-0.39, 0.29) is 11.3 Å². The van der Waals surface area contributed by atoms with Crippen LogP contribution in [0.25, 0.3) is 0 Å². The van der Waals surface area contributed by atoms with Gasteiger partial charge in [0.15, 0.2) is 5.75 Å². The molecule has 1 aromatic rings. The fourth-order valence-corrected chi connectivity index (χ4v) is 1.75. The number of esters is 1. The number of carbonyl (C=O) groups is 2. The number of hydrogen-bond acceptors (Lipinski definition) is 5. The van der Waals surface area contributed by atoms with Crippen molar-refractivity contribution < 1.29 is 23.8 Å². The number of rotatable bonds is 2. The quantitative estimate of drug-likeness (QED) is 0.615. The number of aryl methyl sites for hydroxylation is 1. The van der Waals surface area contributed by atoms with Crippen LogP contribution in [0.4, 0.5) is 4.79 Å². The molecule has 5 nitrogen and oxygen atoms in total. The molecule has 0 bridgehead atoms. The van der Waals surface area contributed by atoms with Crippen LogP contribution in [0.1, 0.15) is 36.7 Å². The summed E-state index contributed by atoms with van der Waals surface area (Å²) in [6.45, 7) is 6.80. The lowest BCUT2D eigenvalue weighted by Gasteiger charge is -2.20. The minimum absolute atomic E-state index is 0.0726. The molecule has 0 atom stereocenters. The lowest BCUT2D eigenvalue weighted by molar-refractivity contribution is 0.0201. The molecule has 0 saturated heterocycles. The largest absolute Gasteiger partial charge is 0.514 e. The molecule has 0 aliphatic rings. The maximum Gasteiger partial charge on any atom is 0.514 e. The Bertz CT molecular complexity index is 531. The summed E-state index contributed by atoms with van der Waals surface area (Å²) in [5, 5.41) is 0.347. The SMILES string of the molecule is COC(=O)c1cc(Cl)cc(C)c1OC(=O)OC(C)(C)C. The third-order valence-electron chi connectivity index (χ3n) is 2.22. The summed E-state index contributed by atoms with van der Waals surface area (Å²) in [6, 6.07) is 2.95. The summed E-state index contributed by atoms with van der Waals surface area (Å²) < 4.78 is 14.8. The van der Waals surface area contributed by atoms with E-state index in [1.54, 1.807) is 33.8 Å². The Morgan fingerprint density at radius 3 is 2.30 bits per heavy atom. The van der Waals surface area contributed by atoms with Gasteiger partial charge in [0.05, 0.1) is 7.11 Å². The Kier molecular flexibility index (Phi) is 5.00. The minimum atomic E-state index is -0.895. The zero-order valence-electron chi connectivity index (χ0n) is 12.1. The standard InChI is InChI=1S/C14H17ClO5/c1-8-6-9(15)7-10(12(16)18-5)11(8)19-13(17)20-14(2,3)4/h6-7H,1-5H3. The molecule has 0 N–H and O–H groups in total. The Hall–Kier alpha value is -1.75. The normalized spacial score (nSPS) is 10.9. The molecule has 0 aliphatic carbocycles. The smallest absolute Gasteiger partial charge is 0.465 e. The van der Waals surface area contributed by atoms with Gasteiger partial charge in [-0.2, -0.15) is 0 Å². The van der Waals surface area contributed by atoms with Crippen LogP contribution in [0.3, 0.4) is 0 Å². The van der Waals surface area contributed by atoms with E-state index in [9.17, 15) is 9.59 Å². The van der Waals surface area contributed by atoms with Crippen LogP contribution >= 0.6 is 11.6 Å². The second-order valence-corrected chi connectivity index (χ2v) is 5.59. The molecule has 20 heavy (non-hydrogen) atoms. The van der Waals surface area contributed by atoms with Crippen LogP contribution in [-0.2, 0) is 9.47 Å². The van der Waals surface area contributed by atoms with Gasteiger partial charge in [0, 0.05) is 5.02 Å². The molecule has 6 heteroatoms. The van der Waals surface area contributed by atoms with Crippen molar-refractivity contribution in [3.63, 3.8) is 0 Å². The van der Waals surface area contributed by atoms with E-state index < -0.39 is 17.7 Å². The van der Waals surface area contributed by atoms with E-state index in [0.717, 1.165) is 0 Å². The summed E-state index contributed by atoms with van der Waals surface area (Å²) in [5.74, 6) is -0.565. The highest BCUT2D eigenvalue weighted by Gasteiger charge is 2.23. The van der Waals surface area contributed by atoms with E-state index in [1.807, 2.05) is 0 Å². The molecule has 1 rings (SSSR count). The van der Waals surface area contributed by atoms with Crippen molar-refractivity contribution in [1.82, 2.24) is 0 Å². The maximum atomic E-state index is 11.7. The molecule has 0 spiro atoms. The van der Waals surface area contributed by atoms with E-state index in [0.29, 0.717) is 10.6 Å². The summed E-state index contributed by atoms with van der Waals surface area (Å²) in [5.41, 5.74) is -0.0878. The van der Waals surface area contributed by atoms with Gasteiger partial charge < -0.3 is 14.2 Å². The molecule has 0 amide bonds. The molecule has 110 valence electrons. The van der Waals surface area contributed by atoms with Crippen molar-refractivity contribution in [2.75, 3.05) is 7.11 Å². The molecule has 0 radical (unpaired) electrons. The first kappa shape index (κ1) is 16.3. The van der Waals surface area contributed by atoms with E-state index in [4.69, 9.17) is 21.1 Å². The molecule has 0 aromatic heterocycles. The fraction of sp³-hybridized carbons (Fsp3) is 0.429. The number of carbonyl (C=O) groups excluding carboxylic acids is 2. The number of benzene rings is 1. The van der Waals surface area contributed by atoms with Gasteiger partial charge in [-0.3, -0.25) is 0 Å². The Labute approximate surface area is 122 Å². The molecular weight excluding hydrogens is 284 g/mol. The van der Waals surface area contributed by atoms with Crippen LogP contribution in [0.15, 0.2) is 12.1 Å². The molecule has 0 aliphatic heterocycles. The van der Waals surface area contributed by atoms with Crippen molar-refractivity contribution >= 4 is 23.7 Å². The Morgan fingerprint density at radius 1 is 1.20 bits per heavy atom. The topological polar surface area (TPSA) is 61.8 Å². The fourth-order valence-electron chi connectivity index (χ4n) is 1.48. The van der Waals surface area contributed by atoms with Gasteiger partial charge in [0.1, 0.15) is 11.2 Å². The monoisotopic (exact) mass is 300 g/mol. The molecule has 0 unspecified atom stereocenters. The van der Waals surface area contributed by atoms with Crippen LogP contribution < -0.4 is 4.74 Å². The van der Waals surface area contributed by atoms with Crippen molar-refractivity contribution in [2.24, 2.45) is 0 Å². The van der Waals surface area contributed by atoms with Crippen LogP contribution in [-0.4, -0.2) is 24.8 Å². The van der Waals surface area contributed by atoms with Crippen LogP contribution in [0.5, 0.6) is 5.75 Å². The minimum Gasteiger partial charge on any atom is -0.465 e. The highest BCUT2D eigenvalue weighted by Crippen LogP contribution is 2.29. The van der Waals surface area contributed by atoms with Crippen molar-refractivity contribution in [1.29, 1.82) is 0 Å². The van der Waals surface area contributed by atoms with Crippen molar-refractivity contribution in [2.45, 2.75) is 33.3 Å². The van der Waals surface area contributed by atoms with Gasteiger partial charge >= 0.3 is 12.1 Å². The summed E-state index contributed by atoms with van der Waals surface area (Å²) in [6.07, 6.45) is -0.895. The second-order valence-electron chi connectivity index (χ2n) is 5.16. The zero-order valence-corrected chi connectivity index (χ0v) is 12.8. The van der Waals surface area contributed by atoms with Crippen LogP contribution in [0.2, 0.25) is 5.02 Å². The molecule has 0 fully saturated rings. The third-order valence-corrected chi connectivity index (χ3v) is 2.44. The lowest BCUT2D eigenvalue weighted by Crippen LogP contribution is -2.26. The first-order valence-corrected chi connectivity index (χ1v) is 6.31. The first-order valence-electron chi connectivity index (χ1n) is 5.93. The molecular formula is C14H17ClO5. The lowest BCUT2D eigenvalue weighted by atomic mass is 10.1. The average Bonchev–Trinajstić information content (AvgIpc) is 2.29. The Morgan fingerprint density at radius 2 is 1.80 bits per heavy atom. The number of halogens is 1. The first-order chi connectivity index (χ1) is 9.14. The van der Waals surface area contributed by atoms with Gasteiger partial charge in [0.2, 0.25) is 0 Å². The van der Waals surface area contributed by atoms with E-state index in [1.165, 1.54) is 13.2 Å². The van der Waals surface area contributed by atoms with Crippen LogP contribution in [0, 0.1) is 6.92 Å². The number of hydrogen-bond donors (Lipinski definition) is 0. The third kappa shape index (κ3) is 4.42. The van der Waals surface area contributed by atoms with Crippen molar-refractivity contribution in [3.8, 4) is 5.75 Å². The average molecular weight is 301 g/mol. The highest BCUT2D eigenvalue weighted by molar-refractivity contribution is 6.31. The van der Waals surface area contributed by atoms with E-state index in [2.05, 4.69) is 4.74 Å². The number of methoxy groups -OCH3 is 1. The molecule has 1 aromatic carbocycles. The van der Waals surface area contributed by atoms with Gasteiger partial charge in [0.25, 0.3) is 0 Å². The van der Waals surface area contributed by atoms with E-state index >= 15 is 0 Å². The Balaban J connectivity index is 3.11. The number of ether oxygens (including phenoxy) is 3. The van der Waals surface area contributed by atoms with Gasteiger partial charge in [-0.15, -0.1) is 0 Å². The second kappa shape index (κ2) is 6.13. The van der Waals surface area contributed by atoms with Gasteiger partial charge in [-0.05, 0) is 45.4 Å². The summed E-state index contributed by atoms with van der Waals surface area (Å²) >= 11 is 5.89. The summed E-state index contributed by atoms with van der Waals surface area (Å²) in [7, 11) is 1.23. The summed E-state index contributed by atoms with van der Waals surface area (Å²) in [4.78, 5) is 23.4. The molecule has 0 saturated carbocycles. The predicted molar refractivity (Wildman–Crippen MR) is 74.4 cm³/mol. The molecule has 0 heterocycles. The van der Waals surface area contributed by atoms with Gasteiger partial charge in [-0.1, -0.05) is 11.6 Å². The van der Waals surface area contributed by atoms with Crippen molar-refractivity contribution in [3.05, 3.63) is 28.3 Å².